The fraction of sp³-hybridized carbons (Fsp3) is 0.0556. The highest BCUT2D eigenvalue weighted by Gasteiger charge is 2.02. The second-order valence-corrected chi connectivity index (χ2v) is 6.67. The van der Waals surface area contributed by atoms with Gasteiger partial charge in [0, 0.05) is 9.79 Å². The maximum absolute atomic E-state index is 4.06. The fourth-order valence-corrected chi connectivity index (χ4v) is 3.62. The largest absolute Gasteiger partial charge is 0.264 e. The van der Waals surface area contributed by atoms with Crippen LogP contribution in [0.25, 0.3) is 11.1 Å². The quantitative estimate of drug-likeness (QED) is 0.522. The minimum atomic E-state index is 0.954. The molecule has 2 aromatic carbocycles. The van der Waals surface area contributed by atoms with E-state index >= 15 is 0 Å². The number of nitrogens with zero attached hydrogens (tertiary/aromatic N) is 1. The summed E-state index contributed by atoms with van der Waals surface area (Å²) in [4.78, 5) is 6.47. The highest BCUT2D eigenvalue weighted by Crippen LogP contribution is 2.33. The molecule has 3 heteroatoms. The molecule has 0 aliphatic carbocycles. The van der Waals surface area contributed by atoms with E-state index in [9.17, 15) is 0 Å². The highest BCUT2D eigenvalue weighted by molar-refractivity contribution is 7.99. The zero-order valence-corrected chi connectivity index (χ0v) is 13.4. The van der Waals surface area contributed by atoms with Crippen LogP contribution >= 0.6 is 23.1 Å². The zero-order chi connectivity index (χ0) is 14.7. The maximum atomic E-state index is 4.06. The first-order chi connectivity index (χ1) is 10.3. The number of aliphatic imine (C=N–C) groups is 1. The first kappa shape index (κ1) is 14.1. The average Bonchev–Trinajstić information content (AvgIpc) is 3.04. The van der Waals surface area contributed by atoms with Crippen LogP contribution in [-0.2, 0) is 0 Å². The normalized spacial score (nSPS) is 10.5. The molecule has 1 heterocycles. The Morgan fingerprint density at radius 1 is 0.952 bits per heavy atom. The van der Waals surface area contributed by atoms with Crippen molar-refractivity contribution in [1.82, 2.24) is 0 Å². The predicted molar refractivity (Wildman–Crippen MR) is 94.3 cm³/mol. The summed E-state index contributed by atoms with van der Waals surface area (Å²) in [6, 6.07) is 17.1. The third-order valence-electron chi connectivity index (χ3n) is 3.30. The third-order valence-corrected chi connectivity index (χ3v) is 4.98. The molecule has 0 amide bonds. The summed E-state index contributed by atoms with van der Waals surface area (Å²) in [6.45, 7) is 5.67. The van der Waals surface area contributed by atoms with Gasteiger partial charge in [0.25, 0.3) is 0 Å². The molecule has 0 N–H and O–H groups in total. The van der Waals surface area contributed by atoms with Crippen LogP contribution in [-0.4, -0.2) is 6.72 Å². The van der Waals surface area contributed by atoms with E-state index in [1.54, 1.807) is 23.1 Å². The van der Waals surface area contributed by atoms with Crippen molar-refractivity contribution in [3.8, 4) is 11.1 Å². The Kier molecular flexibility index (Phi) is 4.23. The van der Waals surface area contributed by atoms with Crippen molar-refractivity contribution in [2.45, 2.75) is 16.7 Å². The van der Waals surface area contributed by atoms with Crippen molar-refractivity contribution in [2.75, 3.05) is 0 Å². The molecular formula is C18H15NS2. The van der Waals surface area contributed by atoms with E-state index in [0.717, 1.165) is 11.3 Å². The Hall–Kier alpha value is -1.84. The summed E-state index contributed by atoms with van der Waals surface area (Å²) in [7, 11) is 0. The predicted octanol–water partition coefficient (Wildman–Crippen LogP) is 6.21. The van der Waals surface area contributed by atoms with Crippen LogP contribution in [0.4, 0.5) is 5.69 Å². The molecule has 104 valence electrons. The molecule has 21 heavy (non-hydrogen) atoms. The van der Waals surface area contributed by atoms with Crippen LogP contribution in [0.5, 0.6) is 0 Å². The van der Waals surface area contributed by atoms with Gasteiger partial charge in [0.1, 0.15) is 0 Å². The molecule has 3 rings (SSSR count). The molecule has 0 aliphatic heterocycles. The average molecular weight is 309 g/mol. The van der Waals surface area contributed by atoms with Gasteiger partial charge in [0.2, 0.25) is 0 Å². The van der Waals surface area contributed by atoms with E-state index in [4.69, 9.17) is 0 Å². The van der Waals surface area contributed by atoms with Gasteiger partial charge in [-0.1, -0.05) is 30.0 Å². The van der Waals surface area contributed by atoms with Crippen molar-refractivity contribution in [1.29, 1.82) is 0 Å². The Morgan fingerprint density at radius 2 is 1.71 bits per heavy atom. The number of aryl methyl sites for hydroxylation is 1. The number of thiophene rings is 1. The lowest BCUT2D eigenvalue weighted by Crippen LogP contribution is -1.78. The molecule has 1 aromatic heterocycles. The lowest BCUT2D eigenvalue weighted by molar-refractivity contribution is 1.33. The summed E-state index contributed by atoms with van der Waals surface area (Å²) in [6.07, 6.45) is 0. The van der Waals surface area contributed by atoms with Gasteiger partial charge < -0.3 is 0 Å². The van der Waals surface area contributed by atoms with E-state index in [2.05, 4.69) is 71.0 Å². The van der Waals surface area contributed by atoms with Crippen LogP contribution in [0.1, 0.15) is 5.56 Å². The zero-order valence-electron chi connectivity index (χ0n) is 11.7. The van der Waals surface area contributed by atoms with Gasteiger partial charge in [-0.2, -0.15) is 11.3 Å². The topological polar surface area (TPSA) is 12.4 Å². The Balaban J connectivity index is 1.80. The first-order valence-corrected chi connectivity index (χ1v) is 8.40. The van der Waals surface area contributed by atoms with Gasteiger partial charge in [-0.05, 0) is 71.4 Å². The first-order valence-electron chi connectivity index (χ1n) is 6.64. The second-order valence-electron chi connectivity index (χ2n) is 4.74. The summed E-state index contributed by atoms with van der Waals surface area (Å²) >= 11 is 3.47. The molecule has 0 unspecified atom stereocenters. The molecular weight excluding hydrogens is 294 g/mol. The Bertz CT molecular complexity index is 743. The number of benzene rings is 2. The minimum absolute atomic E-state index is 0.954. The third kappa shape index (κ3) is 3.26. The Morgan fingerprint density at radius 3 is 2.38 bits per heavy atom. The van der Waals surface area contributed by atoms with Gasteiger partial charge in [-0.3, -0.25) is 4.99 Å². The maximum Gasteiger partial charge on any atom is 0.0662 e. The molecule has 0 saturated carbocycles. The molecule has 3 aromatic rings. The van der Waals surface area contributed by atoms with Crippen molar-refractivity contribution in [2.24, 2.45) is 4.99 Å². The summed E-state index contributed by atoms with van der Waals surface area (Å²) in [5.41, 5.74) is 4.65. The van der Waals surface area contributed by atoms with Gasteiger partial charge in [-0.15, -0.1) is 0 Å². The lowest BCUT2D eigenvalue weighted by atomic mass is 10.1. The minimum Gasteiger partial charge on any atom is -0.264 e. The van der Waals surface area contributed by atoms with E-state index in [-0.39, 0.29) is 0 Å². The number of hydrogen-bond acceptors (Lipinski definition) is 3. The fourth-order valence-electron chi connectivity index (χ4n) is 2.10. The van der Waals surface area contributed by atoms with Crippen molar-refractivity contribution >= 4 is 35.5 Å². The van der Waals surface area contributed by atoms with E-state index in [1.165, 1.54) is 20.9 Å². The van der Waals surface area contributed by atoms with Gasteiger partial charge in [-0.25, -0.2) is 0 Å². The molecule has 0 radical (unpaired) electrons. The summed E-state index contributed by atoms with van der Waals surface area (Å²) in [5.74, 6) is 0. The monoisotopic (exact) mass is 309 g/mol. The molecule has 0 saturated heterocycles. The summed E-state index contributed by atoms with van der Waals surface area (Å²) in [5, 5.41) is 4.28. The van der Waals surface area contributed by atoms with Crippen LogP contribution in [0, 0.1) is 6.92 Å². The lowest BCUT2D eigenvalue weighted by Gasteiger charge is -2.06. The standard InChI is InChI=1S/C18H15NS2/c1-13-3-6-17(11-18(13)19-2)21-16-7-4-14(5-8-16)15-9-10-20-12-15/h3-12H,2H2,1H3. The van der Waals surface area contributed by atoms with Crippen LogP contribution < -0.4 is 0 Å². The van der Waals surface area contributed by atoms with Crippen LogP contribution in [0.2, 0.25) is 0 Å². The van der Waals surface area contributed by atoms with Crippen LogP contribution in [0.3, 0.4) is 0 Å². The second kappa shape index (κ2) is 6.29. The molecule has 0 atom stereocenters. The molecule has 0 fully saturated rings. The van der Waals surface area contributed by atoms with E-state index in [1.807, 2.05) is 6.92 Å². The molecule has 0 bridgehead atoms. The van der Waals surface area contributed by atoms with Crippen molar-refractivity contribution in [3.05, 3.63) is 64.9 Å². The molecule has 1 nitrogen and oxygen atoms in total. The molecule has 0 aliphatic rings. The van der Waals surface area contributed by atoms with Gasteiger partial charge >= 0.3 is 0 Å². The van der Waals surface area contributed by atoms with Crippen molar-refractivity contribution < 1.29 is 0 Å². The van der Waals surface area contributed by atoms with Gasteiger partial charge in [0.05, 0.1) is 5.69 Å². The summed E-state index contributed by atoms with van der Waals surface area (Å²) < 4.78 is 0. The number of hydrogen-bond donors (Lipinski definition) is 0. The highest BCUT2D eigenvalue weighted by atomic mass is 32.2. The van der Waals surface area contributed by atoms with Crippen molar-refractivity contribution in [3.63, 3.8) is 0 Å². The SMILES string of the molecule is C=Nc1cc(Sc2ccc(-c3ccsc3)cc2)ccc1C. The Labute approximate surface area is 133 Å². The van der Waals surface area contributed by atoms with Crippen LogP contribution in [0.15, 0.2) is 74.1 Å². The number of rotatable bonds is 4. The van der Waals surface area contributed by atoms with Gasteiger partial charge in [0.15, 0.2) is 0 Å². The molecule has 0 spiro atoms. The smallest absolute Gasteiger partial charge is 0.0662 e. The van der Waals surface area contributed by atoms with E-state index in [0.29, 0.717) is 0 Å². The van der Waals surface area contributed by atoms with E-state index < -0.39 is 0 Å².